The molecule has 5 rings (SSSR count). The molecular formula is C27H29N5O4S. The van der Waals surface area contributed by atoms with Crippen LogP contribution in [0.15, 0.2) is 60.0 Å². The van der Waals surface area contributed by atoms with E-state index >= 15 is 0 Å². The zero-order valence-corrected chi connectivity index (χ0v) is 21.6. The molecule has 2 aromatic heterocycles. The van der Waals surface area contributed by atoms with Crippen LogP contribution in [0.2, 0.25) is 0 Å². The molecule has 4 aromatic rings. The van der Waals surface area contributed by atoms with Gasteiger partial charge in [-0.2, -0.15) is 0 Å². The van der Waals surface area contributed by atoms with E-state index < -0.39 is 6.04 Å². The van der Waals surface area contributed by atoms with E-state index in [0.717, 1.165) is 28.8 Å². The molecular weight excluding hydrogens is 490 g/mol. The Morgan fingerprint density at radius 3 is 2.78 bits per heavy atom. The van der Waals surface area contributed by atoms with Crippen molar-refractivity contribution in [2.45, 2.75) is 38.5 Å². The monoisotopic (exact) mass is 519 g/mol. The van der Waals surface area contributed by atoms with E-state index in [9.17, 15) is 9.59 Å². The van der Waals surface area contributed by atoms with Crippen LogP contribution < -0.4 is 15.0 Å². The van der Waals surface area contributed by atoms with Crippen LogP contribution in [0.4, 0.5) is 5.69 Å². The lowest BCUT2D eigenvalue weighted by molar-refractivity contribution is -0.127. The van der Waals surface area contributed by atoms with Crippen molar-refractivity contribution in [1.29, 1.82) is 0 Å². The van der Waals surface area contributed by atoms with Gasteiger partial charge < -0.3 is 14.8 Å². The zero-order valence-electron chi connectivity index (χ0n) is 20.8. The molecule has 1 fully saturated rings. The van der Waals surface area contributed by atoms with Crippen molar-refractivity contribution in [1.82, 2.24) is 20.3 Å². The van der Waals surface area contributed by atoms with Gasteiger partial charge >= 0.3 is 0 Å². The number of benzene rings is 2. The summed E-state index contributed by atoms with van der Waals surface area (Å²) in [7, 11) is 1.55. The summed E-state index contributed by atoms with van der Waals surface area (Å²) in [4.78, 5) is 30.3. The maximum Gasteiger partial charge on any atom is 0.249 e. The van der Waals surface area contributed by atoms with Gasteiger partial charge in [0, 0.05) is 18.0 Å². The average Bonchev–Trinajstić information content (AvgIpc) is 3.68. The minimum Gasteiger partial charge on any atom is -0.495 e. The molecule has 2 unspecified atom stereocenters. The number of anilines is 1. The number of amides is 2. The summed E-state index contributed by atoms with van der Waals surface area (Å²) in [6.45, 7) is 2.94. The zero-order chi connectivity index (χ0) is 25.8. The van der Waals surface area contributed by atoms with E-state index in [1.54, 1.807) is 23.9 Å². The van der Waals surface area contributed by atoms with Gasteiger partial charge in [-0.15, -0.1) is 16.4 Å². The van der Waals surface area contributed by atoms with Crippen LogP contribution >= 0.6 is 11.3 Å². The lowest BCUT2D eigenvalue weighted by Gasteiger charge is -2.32. The highest BCUT2D eigenvalue weighted by molar-refractivity contribution is 7.10. The Morgan fingerprint density at radius 1 is 1.22 bits per heavy atom. The first-order valence-corrected chi connectivity index (χ1v) is 13.1. The van der Waals surface area contributed by atoms with Gasteiger partial charge in [0.25, 0.3) is 0 Å². The maximum atomic E-state index is 14.1. The minimum atomic E-state index is -0.903. The molecule has 192 valence electrons. The van der Waals surface area contributed by atoms with E-state index in [4.69, 9.17) is 9.47 Å². The number of nitrogens with zero attached hydrogens (tertiary/aromatic N) is 4. The molecule has 2 aromatic carbocycles. The second kappa shape index (κ2) is 11.1. The summed E-state index contributed by atoms with van der Waals surface area (Å²) < 4.78 is 12.9. The van der Waals surface area contributed by atoms with Gasteiger partial charge in [-0.3, -0.25) is 14.5 Å². The van der Waals surface area contributed by atoms with Crippen molar-refractivity contribution in [3.63, 3.8) is 0 Å². The van der Waals surface area contributed by atoms with Crippen LogP contribution in [-0.2, 0) is 20.9 Å². The first kappa shape index (κ1) is 24.9. The number of methoxy groups -OCH3 is 1. The number of ether oxygens (including phenoxy) is 2. The van der Waals surface area contributed by atoms with Crippen LogP contribution in [0.1, 0.15) is 29.3 Å². The summed E-state index contributed by atoms with van der Waals surface area (Å²) >= 11 is 1.45. The second-order valence-electron chi connectivity index (χ2n) is 8.92. The number of carbonyl (C=O) groups is 2. The number of hydrogen-bond donors (Lipinski definition) is 1. The normalized spacial score (nSPS) is 16.0. The molecule has 0 radical (unpaired) electrons. The van der Waals surface area contributed by atoms with E-state index in [1.165, 1.54) is 16.2 Å². The van der Waals surface area contributed by atoms with Gasteiger partial charge in [-0.1, -0.05) is 29.5 Å². The molecule has 1 aliphatic rings. The van der Waals surface area contributed by atoms with Crippen molar-refractivity contribution in [3.8, 4) is 5.75 Å². The molecule has 9 nitrogen and oxygen atoms in total. The van der Waals surface area contributed by atoms with E-state index in [2.05, 4.69) is 15.6 Å². The number of nitrogens with one attached hydrogen (secondary N) is 1. The number of aryl methyl sites for hydroxylation is 1. The predicted molar refractivity (Wildman–Crippen MR) is 142 cm³/mol. The second-order valence-corrected chi connectivity index (χ2v) is 9.87. The van der Waals surface area contributed by atoms with Gasteiger partial charge in [-0.25, -0.2) is 4.68 Å². The van der Waals surface area contributed by atoms with Crippen LogP contribution in [0.5, 0.6) is 5.75 Å². The number of hydrogen-bond acceptors (Lipinski definition) is 7. The first-order valence-electron chi connectivity index (χ1n) is 12.2. The molecule has 37 heavy (non-hydrogen) atoms. The van der Waals surface area contributed by atoms with Gasteiger partial charge in [0.2, 0.25) is 11.8 Å². The largest absolute Gasteiger partial charge is 0.495 e. The molecule has 0 saturated carbocycles. The van der Waals surface area contributed by atoms with Crippen molar-refractivity contribution >= 4 is 39.9 Å². The SMILES string of the molecule is COc1ccccc1N(C(=O)Cn1nnc2ccccc21)C(C(=O)NCC1CCCO1)c1sccc1C. The minimum absolute atomic E-state index is 0.0223. The van der Waals surface area contributed by atoms with Gasteiger partial charge in [0.15, 0.2) is 6.04 Å². The number of rotatable bonds is 9. The molecule has 10 heteroatoms. The quantitative estimate of drug-likeness (QED) is 0.360. The van der Waals surface area contributed by atoms with Crippen LogP contribution in [0.25, 0.3) is 11.0 Å². The number of aromatic nitrogens is 3. The standard InChI is InChI=1S/C27H29N5O4S/c1-18-13-15-37-26(18)25(27(34)28-16-19-8-7-14-36-19)32(22-11-5-6-12-23(22)35-2)24(33)17-31-21-10-4-3-9-20(21)29-30-31/h3-6,9-13,15,19,25H,7-8,14,16-17H2,1-2H3,(H,28,34). The van der Waals surface area contributed by atoms with Crippen LogP contribution in [0.3, 0.4) is 0 Å². The van der Waals surface area contributed by atoms with E-state index in [1.807, 2.05) is 54.8 Å². The third-order valence-electron chi connectivity index (χ3n) is 6.50. The Kier molecular flexibility index (Phi) is 7.47. The lowest BCUT2D eigenvalue weighted by atomic mass is 10.1. The molecule has 2 atom stereocenters. The molecule has 0 bridgehead atoms. The summed E-state index contributed by atoms with van der Waals surface area (Å²) in [5.74, 6) is -0.0978. The highest BCUT2D eigenvalue weighted by atomic mass is 32.1. The van der Waals surface area contributed by atoms with E-state index in [0.29, 0.717) is 30.1 Å². The number of fused-ring (bicyclic) bond motifs is 1. The van der Waals surface area contributed by atoms with Crippen molar-refractivity contribution in [2.24, 2.45) is 0 Å². The fourth-order valence-corrected chi connectivity index (χ4v) is 5.63. The third kappa shape index (κ3) is 5.21. The highest BCUT2D eigenvalue weighted by Gasteiger charge is 2.36. The molecule has 1 saturated heterocycles. The maximum absolute atomic E-state index is 14.1. The fourth-order valence-electron chi connectivity index (χ4n) is 4.62. The van der Waals surface area contributed by atoms with Crippen molar-refractivity contribution in [2.75, 3.05) is 25.2 Å². The Bertz CT molecular complexity index is 1390. The van der Waals surface area contributed by atoms with Crippen LogP contribution in [-0.4, -0.2) is 53.2 Å². The average molecular weight is 520 g/mol. The predicted octanol–water partition coefficient (Wildman–Crippen LogP) is 3.88. The topological polar surface area (TPSA) is 98.6 Å². The molecule has 1 N–H and O–H groups in total. The number of thiophene rings is 1. The number of carbonyl (C=O) groups excluding carboxylic acids is 2. The Hall–Kier alpha value is -3.76. The van der Waals surface area contributed by atoms with Gasteiger partial charge in [-0.05, 0) is 61.0 Å². The van der Waals surface area contributed by atoms with Crippen molar-refractivity contribution < 1.29 is 19.1 Å². The molecule has 2 amide bonds. The smallest absolute Gasteiger partial charge is 0.249 e. The summed E-state index contributed by atoms with van der Waals surface area (Å²) in [5, 5.41) is 13.4. The fraction of sp³-hybridized carbons (Fsp3) is 0.333. The summed E-state index contributed by atoms with van der Waals surface area (Å²) in [5.41, 5.74) is 2.87. The lowest BCUT2D eigenvalue weighted by Crippen LogP contribution is -2.46. The van der Waals surface area contributed by atoms with Gasteiger partial charge in [0.05, 0.1) is 24.4 Å². The van der Waals surface area contributed by atoms with Gasteiger partial charge in [0.1, 0.15) is 17.8 Å². The molecule has 1 aliphatic heterocycles. The summed E-state index contributed by atoms with van der Waals surface area (Å²) in [6, 6.07) is 15.7. The number of para-hydroxylation sites is 3. The highest BCUT2D eigenvalue weighted by Crippen LogP contribution is 2.38. The molecule has 3 heterocycles. The van der Waals surface area contributed by atoms with Crippen molar-refractivity contribution in [3.05, 3.63) is 70.4 Å². The molecule has 0 aliphatic carbocycles. The first-order chi connectivity index (χ1) is 18.1. The Labute approximate surface area is 219 Å². The summed E-state index contributed by atoms with van der Waals surface area (Å²) in [6.07, 6.45) is 1.86. The Balaban J connectivity index is 1.55. The van der Waals surface area contributed by atoms with Crippen LogP contribution in [0, 0.1) is 6.92 Å². The molecule has 0 spiro atoms. The van der Waals surface area contributed by atoms with E-state index in [-0.39, 0.29) is 24.5 Å². The Morgan fingerprint density at radius 2 is 2.03 bits per heavy atom. The third-order valence-corrected chi connectivity index (χ3v) is 7.57.